The Morgan fingerprint density at radius 1 is 1.29 bits per heavy atom. The van der Waals surface area contributed by atoms with Gasteiger partial charge < -0.3 is 9.52 Å². The average Bonchev–Trinajstić information content (AvgIpc) is 2.96. The number of hydrogen-bond acceptors (Lipinski definition) is 5. The molecule has 1 N–H and O–H groups in total. The maximum absolute atomic E-state index is 12.2. The molecule has 0 atom stereocenters. The molecular weight excluding hydrogens is 296 g/mol. The zero-order valence-corrected chi connectivity index (χ0v) is 12.1. The van der Waals surface area contributed by atoms with Gasteiger partial charge in [-0.1, -0.05) is 0 Å². The molecule has 2 aromatic rings. The zero-order chi connectivity index (χ0) is 15.5. The van der Waals surface area contributed by atoms with E-state index in [2.05, 4.69) is 4.98 Å². The summed E-state index contributed by atoms with van der Waals surface area (Å²) in [7, 11) is -2.42. The van der Waals surface area contributed by atoms with Gasteiger partial charge in [-0.15, -0.1) is 0 Å². The van der Waals surface area contributed by atoms with Gasteiger partial charge in [0.1, 0.15) is 0 Å². The minimum atomic E-state index is -3.83. The number of aromatic carboxylic acids is 1. The highest BCUT2D eigenvalue weighted by atomic mass is 32.2. The summed E-state index contributed by atoms with van der Waals surface area (Å²) in [5.41, 5.74) is 0.956. The van der Waals surface area contributed by atoms with Crippen LogP contribution in [0.25, 0.3) is 0 Å². The Hall–Kier alpha value is -2.19. The third-order valence-corrected chi connectivity index (χ3v) is 4.65. The van der Waals surface area contributed by atoms with E-state index in [-0.39, 0.29) is 11.6 Å². The number of furan rings is 1. The third kappa shape index (κ3) is 3.47. The van der Waals surface area contributed by atoms with Gasteiger partial charge in [-0.25, -0.2) is 13.2 Å². The van der Waals surface area contributed by atoms with Crippen LogP contribution in [0, 0.1) is 0 Å². The molecule has 0 radical (unpaired) electrons. The molecular formula is C13H14N2O5S. The fraction of sp³-hybridized carbons (Fsp3) is 0.231. The molecule has 0 aliphatic rings. The van der Waals surface area contributed by atoms with Crippen molar-refractivity contribution >= 4 is 16.0 Å². The first-order chi connectivity index (χ1) is 9.91. The molecule has 0 aliphatic heterocycles. The minimum absolute atomic E-state index is 0.245. The lowest BCUT2D eigenvalue weighted by atomic mass is 10.2. The summed E-state index contributed by atoms with van der Waals surface area (Å²) in [6.07, 6.45) is 3.79. The Morgan fingerprint density at radius 2 is 1.95 bits per heavy atom. The normalized spacial score (nSPS) is 11.7. The number of hydrogen-bond donors (Lipinski definition) is 1. The highest BCUT2D eigenvalue weighted by molar-refractivity contribution is 7.89. The van der Waals surface area contributed by atoms with Crippen molar-refractivity contribution in [2.45, 2.75) is 11.5 Å². The minimum Gasteiger partial charge on any atom is -0.475 e. The van der Waals surface area contributed by atoms with Gasteiger partial charge in [0.25, 0.3) is 10.0 Å². The highest BCUT2D eigenvalue weighted by Gasteiger charge is 2.25. The quantitative estimate of drug-likeness (QED) is 0.861. The Balaban J connectivity index is 2.09. The van der Waals surface area contributed by atoms with Crippen LogP contribution >= 0.6 is 0 Å². The number of carbonyl (C=O) groups is 1. The number of pyridine rings is 1. The van der Waals surface area contributed by atoms with Crippen LogP contribution in [0.1, 0.15) is 16.1 Å². The number of carboxylic acids is 1. The molecule has 0 aliphatic carbocycles. The first-order valence-corrected chi connectivity index (χ1v) is 7.53. The van der Waals surface area contributed by atoms with Crippen LogP contribution in [0.2, 0.25) is 0 Å². The van der Waals surface area contributed by atoms with Crippen LogP contribution in [0.5, 0.6) is 0 Å². The van der Waals surface area contributed by atoms with Gasteiger partial charge in [-0.3, -0.25) is 4.98 Å². The Bertz CT molecular complexity index is 724. The maximum Gasteiger partial charge on any atom is 0.371 e. The lowest BCUT2D eigenvalue weighted by molar-refractivity contribution is 0.0656. The molecule has 0 aromatic carbocycles. The van der Waals surface area contributed by atoms with Gasteiger partial charge in [0.2, 0.25) is 10.9 Å². The van der Waals surface area contributed by atoms with E-state index in [4.69, 9.17) is 9.52 Å². The topological polar surface area (TPSA) is 101 Å². The van der Waals surface area contributed by atoms with Crippen molar-refractivity contribution in [3.63, 3.8) is 0 Å². The van der Waals surface area contributed by atoms with Crippen molar-refractivity contribution in [1.82, 2.24) is 9.29 Å². The Morgan fingerprint density at radius 3 is 2.52 bits per heavy atom. The number of rotatable bonds is 6. The van der Waals surface area contributed by atoms with E-state index in [1.165, 1.54) is 7.05 Å². The third-order valence-electron chi connectivity index (χ3n) is 2.92. The lowest BCUT2D eigenvalue weighted by Crippen LogP contribution is -2.28. The fourth-order valence-electron chi connectivity index (χ4n) is 1.68. The second kappa shape index (κ2) is 6.06. The van der Waals surface area contributed by atoms with Crippen LogP contribution in [-0.4, -0.2) is 42.4 Å². The standard InChI is InChI=1S/C13H14N2O5S/c1-15(9-6-10-4-7-14-8-5-10)21(18,19)12-3-2-11(20-12)13(16)17/h2-5,7-8H,6,9H2,1H3,(H,16,17). The van der Waals surface area contributed by atoms with E-state index in [0.29, 0.717) is 6.42 Å². The molecule has 2 heterocycles. The van der Waals surface area contributed by atoms with Crippen molar-refractivity contribution in [3.05, 3.63) is 48.0 Å². The molecule has 0 amide bonds. The van der Waals surface area contributed by atoms with Crippen LogP contribution in [0.4, 0.5) is 0 Å². The fourth-order valence-corrected chi connectivity index (χ4v) is 2.76. The van der Waals surface area contributed by atoms with Crippen LogP contribution in [0.15, 0.2) is 46.2 Å². The molecule has 0 bridgehead atoms. The van der Waals surface area contributed by atoms with E-state index in [1.54, 1.807) is 24.5 Å². The van der Waals surface area contributed by atoms with Crippen molar-refractivity contribution in [2.24, 2.45) is 0 Å². The van der Waals surface area contributed by atoms with Gasteiger partial charge >= 0.3 is 5.97 Å². The van der Waals surface area contributed by atoms with Crippen molar-refractivity contribution < 1.29 is 22.7 Å². The molecule has 2 rings (SSSR count). The van der Waals surface area contributed by atoms with E-state index in [9.17, 15) is 13.2 Å². The Kier molecular flexibility index (Phi) is 4.39. The number of carboxylic acid groups (broad SMARTS) is 1. The van der Waals surface area contributed by atoms with Gasteiger partial charge in [0.15, 0.2) is 0 Å². The molecule has 2 aromatic heterocycles. The zero-order valence-electron chi connectivity index (χ0n) is 11.3. The highest BCUT2D eigenvalue weighted by Crippen LogP contribution is 2.18. The van der Waals surface area contributed by atoms with Crippen LogP contribution < -0.4 is 0 Å². The maximum atomic E-state index is 12.2. The summed E-state index contributed by atoms with van der Waals surface area (Å²) in [5, 5.41) is 8.37. The molecule has 0 fully saturated rings. The van der Waals surface area contributed by atoms with Crippen molar-refractivity contribution in [3.8, 4) is 0 Å². The largest absolute Gasteiger partial charge is 0.475 e. The van der Waals surface area contributed by atoms with Gasteiger partial charge in [0, 0.05) is 26.0 Å². The predicted molar refractivity (Wildman–Crippen MR) is 73.4 cm³/mol. The second-order valence-electron chi connectivity index (χ2n) is 4.36. The molecule has 7 nitrogen and oxygen atoms in total. The van der Waals surface area contributed by atoms with Gasteiger partial charge in [-0.05, 0) is 36.2 Å². The summed E-state index contributed by atoms with van der Waals surface area (Å²) in [4.78, 5) is 14.6. The monoisotopic (exact) mass is 310 g/mol. The Labute approximate surface area is 121 Å². The van der Waals surface area contributed by atoms with E-state index in [1.807, 2.05) is 0 Å². The van der Waals surface area contributed by atoms with E-state index < -0.39 is 21.8 Å². The number of nitrogens with zero attached hydrogens (tertiary/aromatic N) is 2. The molecule has 21 heavy (non-hydrogen) atoms. The summed E-state index contributed by atoms with van der Waals surface area (Å²) in [6, 6.07) is 5.86. The smallest absolute Gasteiger partial charge is 0.371 e. The van der Waals surface area contributed by atoms with Crippen LogP contribution in [-0.2, 0) is 16.4 Å². The summed E-state index contributed by atoms with van der Waals surface area (Å²) >= 11 is 0. The van der Waals surface area contributed by atoms with Crippen molar-refractivity contribution in [1.29, 1.82) is 0 Å². The van der Waals surface area contributed by atoms with E-state index >= 15 is 0 Å². The SMILES string of the molecule is CN(CCc1ccncc1)S(=O)(=O)c1ccc(C(=O)O)o1. The van der Waals surface area contributed by atoms with Gasteiger partial charge in [-0.2, -0.15) is 4.31 Å². The van der Waals surface area contributed by atoms with E-state index in [0.717, 1.165) is 22.0 Å². The van der Waals surface area contributed by atoms with Crippen LogP contribution in [0.3, 0.4) is 0 Å². The second-order valence-corrected chi connectivity index (χ2v) is 6.33. The first-order valence-electron chi connectivity index (χ1n) is 6.09. The predicted octanol–water partition coefficient (Wildman–Crippen LogP) is 1.24. The summed E-state index contributed by atoms with van der Waals surface area (Å²) < 4.78 is 30.4. The molecule has 0 unspecified atom stereocenters. The summed E-state index contributed by atoms with van der Waals surface area (Å²) in [5.74, 6) is -1.72. The molecule has 0 saturated carbocycles. The summed E-state index contributed by atoms with van der Waals surface area (Å²) in [6.45, 7) is 0.245. The molecule has 0 spiro atoms. The molecule has 112 valence electrons. The number of aromatic nitrogens is 1. The first kappa shape index (κ1) is 15.2. The van der Waals surface area contributed by atoms with Crippen molar-refractivity contribution in [2.75, 3.05) is 13.6 Å². The average molecular weight is 310 g/mol. The number of likely N-dealkylation sites (N-methyl/N-ethyl adjacent to an activating group) is 1. The number of sulfonamides is 1. The molecule has 8 heteroatoms. The lowest BCUT2D eigenvalue weighted by Gasteiger charge is -2.15. The van der Waals surface area contributed by atoms with Gasteiger partial charge in [0.05, 0.1) is 0 Å². The molecule has 0 saturated heterocycles.